The second kappa shape index (κ2) is 3.97. The third kappa shape index (κ3) is 1.55. The number of halogens is 3. The lowest BCUT2D eigenvalue weighted by atomic mass is 10.2. The molecule has 0 aliphatic rings. The van der Waals surface area contributed by atoms with Gasteiger partial charge in [-0.05, 0) is 22.0 Å². The highest BCUT2D eigenvalue weighted by atomic mass is 79.9. The number of para-hydroxylation sites is 1. The van der Waals surface area contributed by atoms with Crippen molar-refractivity contribution in [3.05, 3.63) is 34.4 Å². The maximum absolute atomic E-state index is 12.4. The zero-order chi connectivity index (χ0) is 11.9. The van der Waals surface area contributed by atoms with E-state index in [-0.39, 0.29) is 5.69 Å². The summed E-state index contributed by atoms with van der Waals surface area (Å²) in [5, 5.41) is 0.758. The van der Waals surface area contributed by atoms with Crippen LogP contribution in [0.2, 0.25) is 0 Å². The molecule has 0 atom stereocenters. The number of nitrogens with zero attached hydrogens (tertiary/aromatic N) is 1. The maximum Gasteiger partial charge on any atom is 0.302 e. The molecular weight excluding hydrogens is 280 g/mol. The van der Waals surface area contributed by atoms with Crippen LogP contribution in [0.15, 0.2) is 28.7 Å². The standard InChI is InChI=1S/C11H8BrF2NO/c1-15-7-5-3-2-4-6(7)8(12)9(15)10(16)11(13)14/h2-5,11H,1H3. The van der Waals surface area contributed by atoms with Gasteiger partial charge in [-0.1, -0.05) is 18.2 Å². The molecule has 84 valence electrons. The monoisotopic (exact) mass is 287 g/mol. The Morgan fingerprint density at radius 2 is 2.00 bits per heavy atom. The number of rotatable bonds is 2. The summed E-state index contributed by atoms with van der Waals surface area (Å²) < 4.78 is 26.7. The van der Waals surface area contributed by atoms with Crippen molar-refractivity contribution in [2.45, 2.75) is 6.43 Å². The molecule has 0 fully saturated rings. The minimum atomic E-state index is -2.99. The van der Waals surface area contributed by atoms with Gasteiger partial charge in [0.25, 0.3) is 0 Å². The van der Waals surface area contributed by atoms with E-state index in [4.69, 9.17) is 0 Å². The van der Waals surface area contributed by atoms with Gasteiger partial charge >= 0.3 is 6.43 Å². The van der Waals surface area contributed by atoms with Crippen molar-refractivity contribution in [3.8, 4) is 0 Å². The summed E-state index contributed by atoms with van der Waals surface area (Å²) >= 11 is 3.20. The first-order valence-electron chi connectivity index (χ1n) is 4.59. The Bertz CT molecular complexity index is 523. The molecule has 5 heteroatoms. The van der Waals surface area contributed by atoms with Crippen molar-refractivity contribution in [3.63, 3.8) is 0 Å². The molecule has 0 bridgehead atoms. The third-order valence-electron chi connectivity index (χ3n) is 2.48. The quantitative estimate of drug-likeness (QED) is 0.776. The van der Waals surface area contributed by atoms with Gasteiger partial charge in [-0.2, -0.15) is 0 Å². The highest BCUT2D eigenvalue weighted by molar-refractivity contribution is 9.10. The lowest BCUT2D eigenvalue weighted by Gasteiger charge is -2.02. The van der Waals surface area contributed by atoms with E-state index in [1.807, 2.05) is 0 Å². The number of fused-ring (bicyclic) bond motifs is 1. The summed E-state index contributed by atoms with van der Waals surface area (Å²) in [6.07, 6.45) is -2.99. The number of carbonyl (C=O) groups excluding carboxylic acids is 1. The van der Waals surface area contributed by atoms with Crippen LogP contribution >= 0.6 is 15.9 Å². The number of alkyl halides is 2. The molecule has 16 heavy (non-hydrogen) atoms. The Kier molecular flexibility index (Phi) is 2.80. The largest absolute Gasteiger partial charge is 0.340 e. The summed E-state index contributed by atoms with van der Waals surface area (Å²) in [6.45, 7) is 0. The fourth-order valence-corrected chi connectivity index (χ4v) is 2.52. The molecule has 2 aromatic rings. The summed E-state index contributed by atoms with van der Waals surface area (Å²) in [5.74, 6) is -1.16. The van der Waals surface area contributed by atoms with E-state index in [1.165, 1.54) is 4.57 Å². The summed E-state index contributed by atoms with van der Waals surface area (Å²) in [4.78, 5) is 11.4. The third-order valence-corrected chi connectivity index (χ3v) is 3.28. The zero-order valence-corrected chi connectivity index (χ0v) is 9.96. The number of ketones is 1. The molecular formula is C11H8BrF2NO. The van der Waals surface area contributed by atoms with E-state index in [1.54, 1.807) is 31.3 Å². The zero-order valence-electron chi connectivity index (χ0n) is 8.38. The molecule has 0 radical (unpaired) electrons. The first-order valence-corrected chi connectivity index (χ1v) is 5.38. The molecule has 1 heterocycles. The molecule has 1 aromatic heterocycles. The smallest absolute Gasteiger partial charge is 0.302 e. The number of carbonyl (C=O) groups is 1. The molecule has 0 N–H and O–H groups in total. The molecule has 0 saturated heterocycles. The Hall–Kier alpha value is -1.23. The summed E-state index contributed by atoms with van der Waals surface area (Å²) in [7, 11) is 1.60. The molecule has 2 rings (SSSR count). The lowest BCUT2D eigenvalue weighted by molar-refractivity contribution is 0.0669. The minimum Gasteiger partial charge on any atom is -0.340 e. The average molecular weight is 288 g/mol. The molecule has 0 unspecified atom stereocenters. The Balaban J connectivity index is 2.76. The summed E-state index contributed by atoms with van der Waals surface area (Å²) in [5.41, 5.74) is 0.759. The average Bonchev–Trinajstić information content (AvgIpc) is 2.52. The number of Topliss-reactive ketones (excluding diaryl/α,β-unsaturated/α-hetero) is 1. The second-order valence-corrected chi connectivity index (χ2v) is 4.20. The van der Waals surface area contributed by atoms with E-state index < -0.39 is 12.2 Å². The van der Waals surface area contributed by atoms with Crippen LogP contribution < -0.4 is 0 Å². The van der Waals surface area contributed by atoms with Gasteiger partial charge in [-0.25, -0.2) is 8.78 Å². The van der Waals surface area contributed by atoms with Crippen LogP contribution in [-0.2, 0) is 7.05 Å². The fourth-order valence-electron chi connectivity index (χ4n) is 1.72. The van der Waals surface area contributed by atoms with Crippen molar-refractivity contribution in [1.29, 1.82) is 0 Å². The van der Waals surface area contributed by atoms with E-state index in [0.717, 1.165) is 10.9 Å². The predicted molar refractivity (Wildman–Crippen MR) is 61.0 cm³/mol. The SMILES string of the molecule is Cn1c(C(=O)C(F)F)c(Br)c2ccccc21. The van der Waals surface area contributed by atoms with Gasteiger partial charge in [0.1, 0.15) is 5.69 Å². The first kappa shape index (κ1) is 11.3. The Morgan fingerprint density at radius 3 is 2.56 bits per heavy atom. The molecule has 1 aromatic carbocycles. The van der Waals surface area contributed by atoms with Gasteiger partial charge in [0.2, 0.25) is 5.78 Å². The molecule has 0 saturated carbocycles. The van der Waals surface area contributed by atoms with Gasteiger partial charge < -0.3 is 4.57 Å². The van der Waals surface area contributed by atoms with Crippen LogP contribution in [0.3, 0.4) is 0 Å². The van der Waals surface area contributed by atoms with Crippen LogP contribution in [0.1, 0.15) is 10.5 Å². The Labute approximate surface area is 99.0 Å². The first-order chi connectivity index (χ1) is 7.54. The van der Waals surface area contributed by atoms with Gasteiger partial charge in [0.05, 0.1) is 4.47 Å². The van der Waals surface area contributed by atoms with Crippen molar-refractivity contribution in [2.24, 2.45) is 7.05 Å². The van der Waals surface area contributed by atoms with Crippen molar-refractivity contribution in [1.82, 2.24) is 4.57 Å². The lowest BCUT2D eigenvalue weighted by Crippen LogP contribution is -2.14. The number of aromatic nitrogens is 1. The van der Waals surface area contributed by atoms with Crippen LogP contribution in [0.4, 0.5) is 8.78 Å². The van der Waals surface area contributed by atoms with Gasteiger partial charge in [-0.3, -0.25) is 4.79 Å². The van der Waals surface area contributed by atoms with E-state index in [9.17, 15) is 13.6 Å². The highest BCUT2D eigenvalue weighted by Crippen LogP contribution is 2.31. The van der Waals surface area contributed by atoms with Crippen molar-refractivity contribution < 1.29 is 13.6 Å². The van der Waals surface area contributed by atoms with Gasteiger partial charge in [0.15, 0.2) is 0 Å². The van der Waals surface area contributed by atoms with Crippen molar-refractivity contribution in [2.75, 3.05) is 0 Å². The molecule has 2 nitrogen and oxygen atoms in total. The number of hydrogen-bond donors (Lipinski definition) is 0. The number of aryl methyl sites for hydroxylation is 1. The molecule has 0 amide bonds. The molecule has 0 spiro atoms. The highest BCUT2D eigenvalue weighted by Gasteiger charge is 2.25. The molecule has 0 aliphatic heterocycles. The fraction of sp³-hybridized carbons (Fsp3) is 0.182. The predicted octanol–water partition coefficient (Wildman–Crippen LogP) is 3.39. The summed E-state index contributed by atoms with van der Waals surface area (Å²) in [6, 6.07) is 7.15. The molecule has 0 aliphatic carbocycles. The van der Waals surface area contributed by atoms with E-state index in [2.05, 4.69) is 15.9 Å². The van der Waals surface area contributed by atoms with Crippen LogP contribution in [-0.4, -0.2) is 16.8 Å². The van der Waals surface area contributed by atoms with E-state index in [0.29, 0.717) is 4.47 Å². The topological polar surface area (TPSA) is 22.0 Å². The normalized spacial score (nSPS) is 11.3. The maximum atomic E-state index is 12.4. The van der Waals surface area contributed by atoms with Crippen LogP contribution in [0, 0.1) is 0 Å². The second-order valence-electron chi connectivity index (χ2n) is 3.40. The minimum absolute atomic E-state index is 0.0104. The van der Waals surface area contributed by atoms with Crippen LogP contribution in [0.5, 0.6) is 0 Å². The number of benzene rings is 1. The van der Waals surface area contributed by atoms with Crippen LogP contribution in [0.25, 0.3) is 10.9 Å². The van der Waals surface area contributed by atoms with Crippen molar-refractivity contribution >= 4 is 32.6 Å². The van der Waals surface area contributed by atoms with Gasteiger partial charge in [-0.15, -0.1) is 0 Å². The van der Waals surface area contributed by atoms with E-state index >= 15 is 0 Å². The number of hydrogen-bond acceptors (Lipinski definition) is 1. The Morgan fingerprint density at radius 1 is 1.38 bits per heavy atom. The van der Waals surface area contributed by atoms with Gasteiger partial charge in [0, 0.05) is 18.0 Å².